The minimum absolute atomic E-state index is 0. The minimum atomic E-state index is 0. The Kier molecular flexibility index (Phi) is 8.50. The molecule has 0 aromatic carbocycles. The lowest BCUT2D eigenvalue weighted by Gasteiger charge is -2.15. The first-order chi connectivity index (χ1) is 10.3. The van der Waals surface area contributed by atoms with E-state index in [1.54, 1.807) is 22.7 Å². The first-order valence-electron chi connectivity index (χ1n) is 7.17. The molecule has 1 N–H and O–H groups in total. The highest BCUT2D eigenvalue weighted by Crippen LogP contribution is 2.28. The van der Waals surface area contributed by atoms with Crippen LogP contribution in [0.4, 0.5) is 0 Å². The van der Waals surface area contributed by atoms with Crippen LogP contribution in [0, 0.1) is 5.92 Å². The zero-order valence-electron chi connectivity index (χ0n) is 12.9. The molecule has 0 radical (unpaired) electrons. The maximum atomic E-state index is 12.3. The number of hydrogen-bond acceptors (Lipinski definition) is 5. The van der Waals surface area contributed by atoms with Crippen LogP contribution in [0.15, 0.2) is 22.9 Å². The molecule has 0 saturated carbocycles. The van der Waals surface area contributed by atoms with Gasteiger partial charge in [-0.25, -0.2) is 4.98 Å². The summed E-state index contributed by atoms with van der Waals surface area (Å²) in [6, 6.07) is 4.09. The van der Waals surface area contributed by atoms with Crippen LogP contribution in [-0.2, 0) is 11.2 Å². The van der Waals surface area contributed by atoms with Crippen molar-refractivity contribution in [2.45, 2.75) is 12.8 Å². The minimum Gasteiger partial charge on any atom is -0.342 e. The Morgan fingerprint density at radius 1 is 1.43 bits per heavy atom. The number of hydrogen-bond donors (Lipinski definition) is 1. The molecule has 0 spiro atoms. The number of carbonyl (C=O) groups is 1. The molecule has 1 amide bonds. The van der Waals surface area contributed by atoms with Gasteiger partial charge in [0.05, 0.1) is 17.0 Å². The van der Waals surface area contributed by atoms with Crippen LogP contribution >= 0.6 is 47.5 Å². The van der Waals surface area contributed by atoms with E-state index >= 15 is 0 Å². The van der Waals surface area contributed by atoms with E-state index in [9.17, 15) is 4.79 Å². The number of nitrogens with zero attached hydrogens (tertiary/aromatic N) is 2. The summed E-state index contributed by atoms with van der Waals surface area (Å²) in [7, 11) is 1.96. The molecular weight excluding hydrogens is 373 g/mol. The second-order valence-electron chi connectivity index (χ2n) is 5.35. The van der Waals surface area contributed by atoms with Crippen molar-refractivity contribution in [3.63, 3.8) is 0 Å². The molecule has 1 fully saturated rings. The van der Waals surface area contributed by atoms with Crippen LogP contribution in [0.1, 0.15) is 12.1 Å². The zero-order chi connectivity index (χ0) is 14.7. The van der Waals surface area contributed by atoms with Crippen molar-refractivity contribution in [2.24, 2.45) is 5.92 Å². The average molecular weight is 394 g/mol. The summed E-state index contributed by atoms with van der Waals surface area (Å²) >= 11 is 3.30. The first kappa shape index (κ1) is 20.4. The fourth-order valence-corrected chi connectivity index (χ4v) is 4.32. The SMILES string of the molecule is CNCC1CCN(C(=O)Cc2csc(-c3cccs3)n2)C1.Cl.Cl. The molecule has 1 saturated heterocycles. The fourth-order valence-electron chi connectivity index (χ4n) is 2.68. The molecule has 3 heterocycles. The number of thiophene rings is 1. The Balaban J connectivity index is 0.00000132. The van der Waals surface area contributed by atoms with Crippen molar-refractivity contribution in [1.29, 1.82) is 0 Å². The molecule has 23 heavy (non-hydrogen) atoms. The number of likely N-dealkylation sites (tertiary alicyclic amines) is 1. The van der Waals surface area contributed by atoms with Crippen LogP contribution in [-0.4, -0.2) is 42.5 Å². The lowest BCUT2D eigenvalue weighted by atomic mass is 10.1. The molecule has 1 unspecified atom stereocenters. The Labute approximate surface area is 157 Å². The Bertz CT molecular complexity index is 604. The lowest BCUT2D eigenvalue weighted by Crippen LogP contribution is -2.31. The lowest BCUT2D eigenvalue weighted by molar-refractivity contribution is -0.129. The Morgan fingerprint density at radius 3 is 2.96 bits per heavy atom. The van der Waals surface area contributed by atoms with Gasteiger partial charge < -0.3 is 10.2 Å². The third-order valence-electron chi connectivity index (χ3n) is 3.75. The van der Waals surface area contributed by atoms with E-state index in [1.807, 2.05) is 28.8 Å². The summed E-state index contributed by atoms with van der Waals surface area (Å²) in [5.41, 5.74) is 0.894. The molecule has 0 aliphatic carbocycles. The molecule has 1 aliphatic heterocycles. The normalized spacial score (nSPS) is 16.7. The molecule has 1 atom stereocenters. The van der Waals surface area contributed by atoms with Gasteiger partial charge in [0.15, 0.2) is 0 Å². The number of carbonyl (C=O) groups excluding carboxylic acids is 1. The van der Waals surface area contributed by atoms with Gasteiger partial charge in [0.1, 0.15) is 5.01 Å². The summed E-state index contributed by atoms with van der Waals surface area (Å²) in [5, 5.41) is 8.26. The second-order valence-corrected chi connectivity index (χ2v) is 7.16. The number of aromatic nitrogens is 1. The van der Waals surface area contributed by atoms with E-state index in [2.05, 4.69) is 16.4 Å². The highest BCUT2D eigenvalue weighted by Gasteiger charge is 2.26. The summed E-state index contributed by atoms with van der Waals surface area (Å²) in [5.74, 6) is 0.799. The van der Waals surface area contributed by atoms with Gasteiger partial charge in [-0.2, -0.15) is 0 Å². The Morgan fingerprint density at radius 2 is 2.26 bits per heavy atom. The van der Waals surface area contributed by atoms with Gasteiger partial charge in [0, 0.05) is 18.5 Å². The molecule has 8 heteroatoms. The third-order valence-corrected chi connectivity index (χ3v) is 5.68. The molecule has 4 nitrogen and oxygen atoms in total. The highest BCUT2D eigenvalue weighted by atomic mass is 35.5. The number of thiazole rings is 1. The predicted octanol–water partition coefficient (Wildman–Crippen LogP) is 3.33. The smallest absolute Gasteiger partial charge is 0.228 e. The Hall–Kier alpha value is -0.660. The van der Waals surface area contributed by atoms with E-state index in [0.717, 1.165) is 36.8 Å². The molecular formula is C15H21Cl2N3OS2. The quantitative estimate of drug-likeness (QED) is 0.846. The number of halogens is 2. The van der Waals surface area contributed by atoms with Gasteiger partial charge in [0.25, 0.3) is 0 Å². The molecule has 0 bridgehead atoms. The molecule has 1 aliphatic rings. The van der Waals surface area contributed by atoms with E-state index in [0.29, 0.717) is 12.3 Å². The van der Waals surface area contributed by atoms with Gasteiger partial charge in [0.2, 0.25) is 5.91 Å². The van der Waals surface area contributed by atoms with Crippen molar-refractivity contribution >= 4 is 53.4 Å². The largest absolute Gasteiger partial charge is 0.342 e. The van der Waals surface area contributed by atoms with Gasteiger partial charge in [-0.15, -0.1) is 47.5 Å². The molecule has 2 aromatic rings. The van der Waals surface area contributed by atoms with Crippen LogP contribution in [0.3, 0.4) is 0 Å². The monoisotopic (exact) mass is 393 g/mol. The van der Waals surface area contributed by atoms with E-state index < -0.39 is 0 Å². The molecule has 128 valence electrons. The van der Waals surface area contributed by atoms with Crippen molar-refractivity contribution in [2.75, 3.05) is 26.7 Å². The standard InChI is InChI=1S/C15H19N3OS2.2ClH/c1-16-8-11-4-5-18(9-11)14(19)7-12-10-21-15(17-12)13-3-2-6-20-13;;/h2-3,6,10-11,16H,4-5,7-9H2,1H3;2*1H. The molecule has 2 aromatic heterocycles. The van der Waals surface area contributed by atoms with Gasteiger partial charge in [-0.1, -0.05) is 6.07 Å². The van der Waals surface area contributed by atoms with Crippen LogP contribution in [0.25, 0.3) is 9.88 Å². The fraction of sp³-hybridized carbons (Fsp3) is 0.467. The topological polar surface area (TPSA) is 45.2 Å². The van der Waals surface area contributed by atoms with Gasteiger partial charge in [-0.05, 0) is 37.4 Å². The van der Waals surface area contributed by atoms with Crippen molar-refractivity contribution in [1.82, 2.24) is 15.2 Å². The maximum Gasteiger partial charge on any atom is 0.228 e. The van der Waals surface area contributed by atoms with Crippen LogP contribution in [0.2, 0.25) is 0 Å². The van der Waals surface area contributed by atoms with E-state index in [1.165, 1.54) is 4.88 Å². The summed E-state index contributed by atoms with van der Waals surface area (Å²) < 4.78 is 0. The summed E-state index contributed by atoms with van der Waals surface area (Å²) in [6.45, 7) is 2.75. The zero-order valence-corrected chi connectivity index (χ0v) is 16.1. The highest BCUT2D eigenvalue weighted by molar-refractivity contribution is 7.20. The predicted molar refractivity (Wildman–Crippen MR) is 102 cm³/mol. The van der Waals surface area contributed by atoms with Crippen molar-refractivity contribution in [3.8, 4) is 9.88 Å². The van der Waals surface area contributed by atoms with Crippen LogP contribution < -0.4 is 5.32 Å². The van der Waals surface area contributed by atoms with E-state index in [4.69, 9.17) is 0 Å². The second kappa shape index (κ2) is 9.59. The number of amides is 1. The maximum absolute atomic E-state index is 12.3. The summed E-state index contributed by atoms with van der Waals surface area (Å²) in [6.07, 6.45) is 1.53. The first-order valence-corrected chi connectivity index (χ1v) is 8.93. The average Bonchev–Trinajstić information content (AvgIpc) is 3.20. The van der Waals surface area contributed by atoms with Crippen molar-refractivity contribution in [3.05, 3.63) is 28.6 Å². The van der Waals surface area contributed by atoms with Gasteiger partial charge >= 0.3 is 0 Å². The third kappa shape index (κ3) is 5.16. The summed E-state index contributed by atoms with van der Waals surface area (Å²) in [4.78, 5) is 20.1. The van der Waals surface area contributed by atoms with Crippen molar-refractivity contribution < 1.29 is 4.79 Å². The molecule has 3 rings (SSSR count). The van der Waals surface area contributed by atoms with Crippen LogP contribution in [0.5, 0.6) is 0 Å². The van der Waals surface area contributed by atoms with Gasteiger partial charge in [-0.3, -0.25) is 4.79 Å². The van der Waals surface area contributed by atoms with E-state index in [-0.39, 0.29) is 30.7 Å². The number of nitrogens with one attached hydrogen (secondary N) is 1. The number of rotatable bonds is 5.